The molecule has 0 radical (unpaired) electrons. The molecule has 0 unspecified atom stereocenters. The maximum Gasteiger partial charge on any atom is 0.417 e. The summed E-state index contributed by atoms with van der Waals surface area (Å²) in [4.78, 5) is 59.4. The van der Waals surface area contributed by atoms with Crippen molar-refractivity contribution in [3.05, 3.63) is 52.5 Å². The molecule has 2 amide bonds. The lowest BCUT2D eigenvalue weighted by atomic mass is 10.1. The Labute approximate surface area is 178 Å². The highest BCUT2D eigenvalue weighted by Crippen LogP contribution is 2.23. The Morgan fingerprint density at radius 3 is 2.44 bits per heavy atom. The molecule has 0 fully saturated rings. The van der Waals surface area contributed by atoms with Gasteiger partial charge in [-0.1, -0.05) is 0 Å². The molecular formula is C18H15FN4O9. The molecule has 1 atom stereocenters. The molecule has 0 aliphatic rings. The number of nitro groups is 1. The zero-order valence-corrected chi connectivity index (χ0v) is 16.0. The summed E-state index contributed by atoms with van der Waals surface area (Å²) in [6.45, 7) is 0. The number of carbonyl (C=O) groups excluding carboxylic acids is 2. The van der Waals surface area contributed by atoms with Gasteiger partial charge in [0, 0.05) is 24.6 Å². The molecule has 0 saturated heterocycles. The number of nitrogens with zero attached hydrogens (tertiary/aromatic N) is 3. The van der Waals surface area contributed by atoms with Crippen LogP contribution in [0, 0.1) is 15.9 Å². The second-order valence-electron chi connectivity index (χ2n) is 6.09. The summed E-state index contributed by atoms with van der Waals surface area (Å²) in [6, 6.07) is 3.62. The van der Waals surface area contributed by atoms with E-state index in [9.17, 15) is 38.8 Å². The van der Waals surface area contributed by atoms with Gasteiger partial charge in [0.2, 0.25) is 6.41 Å². The Kier molecular flexibility index (Phi) is 7.70. The average Bonchev–Trinajstić information content (AvgIpc) is 2.71. The summed E-state index contributed by atoms with van der Waals surface area (Å²) in [5.74, 6) is -4.76. The zero-order chi connectivity index (χ0) is 23.8. The van der Waals surface area contributed by atoms with E-state index in [0.29, 0.717) is 4.90 Å². The summed E-state index contributed by atoms with van der Waals surface area (Å²) in [5.41, 5.74) is -0.427. The summed E-state index contributed by atoms with van der Waals surface area (Å²) >= 11 is 0. The molecule has 2 aromatic rings. The molecule has 0 aliphatic carbocycles. The number of aromatic nitrogens is 1. The van der Waals surface area contributed by atoms with Crippen LogP contribution in [0.25, 0.3) is 0 Å². The zero-order valence-electron chi connectivity index (χ0n) is 16.0. The number of aliphatic carboxylic acids is 2. The van der Waals surface area contributed by atoms with Crippen LogP contribution < -0.4 is 15.0 Å². The first kappa shape index (κ1) is 23.7. The van der Waals surface area contributed by atoms with E-state index in [0.717, 1.165) is 24.4 Å². The van der Waals surface area contributed by atoms with Crippen LogP contribution in [0.1, 0.15) is 12.8 Å². The van der Waals surface area contributed by atoms with Crippen LogP contribution in [0.4, 0.5) is 26.4 Å². The Morgan fingerprint density at radius 1 is 1.28 bits per heavy atom. The molecule has 0 spiro atoms. The number of nitrogens with one attached hydrogen (secondary N) is 1. The van der Waals surface area contributed by atoms with Crippen molar-refractivity contribution in [2.24, 2.45) is 0 Å². The fourth-order valence-corrected chi connectivity index (χ4v) is 2.49. The largest absolute Gasteiger partial charge is 0.481 e. The normalized spacial score (nSPS) is 11.2. The van der Waals surface area contributed by atoms with Gasteiger partial charge in [0.05, 0.1) is 16.8 Å². The van der Waals surface area contributed by atoms with Crippen molar-refractivity contribution >= 4 is 41.6 Å². The van der Waals surface area contributed by atoms with Gasteiger partial charge in [-0.25, -0.2) is 19.0 Å². The average molecular weight is 450 g/mol. The maximum absolute atomic E-state index is 14.5. The fraction of sp³-hybridized carbons (Fsp3) is 0.167. The SMILES string of the molecule is O=CN(c1ncc(NC(=O)Oc2ccc([N+](=O)[O-])cc2)cc1F)[C@@H](CCC(=O)O)C(=O)O. The van der Waals surface area contributed by atoms with Gasteiger partial charge in [-0.3, -0.25) is 29.9 Å². The van der Waals surface area contributed by atoms with Crippen LogP contribution >= 0.6 is 0 Å². The summed E-state index contributed by atoms with van der Waals surface area (Å²) in [7, 11) is 0. The minimum atomic E-state index is -1.68. The maximum atomic E-state index is 14.5. The third-order valence-corrected chi connectivity index (χ3v) is 3.94. The predicted molar refractivity (Wildman–Crippen MR) is 104 cm³/mol. The van der Waals surface area contributed by atoms with Crippen molar-refractivity contribution in [1.29, 1.82) is 0 Å². The number of anilines is 2. The predicted octanol–water partition coefficient (Wildman–Crippen LogP) is 2.02. The molecule has 1 aromatic heterocycles. The first-order valence-corrected chi connectivity index (χ1v) is 8.69. The van der Waals surface area contributed by atoms with Gasteiger partial charge in [0.15, 0.2) is 11.6 Å². The van der Waals surface area contributed by atoms with Crippen LogP contribution in [0.3, 0.4) is 0 Å². The third kappa shape index (κ3) is 6.19. The van der Waals surface area contributed by atoms with Gasteiger partial charge in [-0.05, 0) is 18.6 Å². The fourth-order valence-electron chi connectivity index (χ4n) is 2.49. The number of benzene rings is 1. The van der Waals surface area contributed by atoms with Crippen LogP contribution in [0.5, 0.6) is 5.75 Å². The second kappa shape index (κ2) is 10.4. The van der Waals surface area contributed by atoms with Gasteiger partial charge >= 0.3 is 18.0 Å². The number of halogens is 1. The first-order chi connectivity index (χ1) is 15.1. The van der Waals surface area contributed by atoms with E-state index >= 15 is 0 Å². The number of hydrogen-bond acceptors (Lipinski definition) is 8. The number of rotatable bonds is 10. The molecule has 0 saturated carbocycles. The van der Waals surface area contributed by atoms with Crippen molar-refractivity contribution in [3.63, 3.8) is 0 Å². The van der Waals surface area contributed by atoms with Gasteiger partial charge in [0.1, 0.15) is 11.8 Å². The highest BCUT2D eigenvalue weighted by molar-refractivity contribution is 5.89. The molecular weight excluding hydrogens is 435 g/mol. The number of non-ortho nitro benzene ring substituents is 1. The number of hydrogen-bond donors (Lipinski definition) is 3. The van der Waals surface area contributed by atoms with Crippen LogP contribution in [0.15, 0.2) is 36.5 Å². The smallest absolute Gasteiger partial charge is 0.417 e. The Bertz CT molecular complexity index is 1050. The van der Waals surface area contributed by atoms with Crippen LogP contribution in [0.2, 0.25) is 0 Å². The minimum Gasteiger partial charge on any atom is -0.481 e. The molecule has 3 N–H and O–H groups in total. The summed E-state index contributed by atoms with van der Waals surface area (Å²) < 4.78 is 19.4. The van der Waals surface area contributed by atoms with Crippen molar-refractivity contribution in [1.82, 2.24) is 4.98 Å². The molecule has 1 heterocycles. The lowest BCUT2D eigenvalue weighted by molar-refractivity contribution is -0.384. The highest BCUT2D eigenvalue weighted by Gasteiger charge is 2.29. The number of pyridine rings is 1. The number of amides is 2. The van der Waals surface area contributed by atoms with E-state index in [1.807, 2.05) is 0 Å². The van der Waals surface area contributed by atoms with Gasteiger partial charge < -0.3 is 14.9 Å². The molecule has 168 valence electrons. The van der Waals surface area contributed by atoms with E-state index in [1.54, 1.807) is 0 Å². The van der Waals surface area contributed by atoms with E-state index in [-0.39, 0.29) is 23.5 Å². The summed E-state index contributed by atoms with van der Waals surface area (Å²) in [6.07, 6.45) is -1.24. The van der Waals surface area contributed by atoms with E-state index < -0.39 is 53.5 Å². The van der Waals surface area contributed by atoms with Gasteiger partial charge in [-0.2, -0.15) is 0 Å². The van der Waals surface area contributed by atoms with Crippen LogP contribution in [-0.4, -0.2) is 50.6 Å². The Hall–Kier alpha value is -4.62. The lowest BCUT2D eigenvalue weighted by Crippen LogP contribution is -2.42. The third-order valence-electron chi connectivity index (χ3n) is 3.94. The number of carbonyl (C=O) groups is 4. The van der Waals surface area contributed by atoms with Gasteiger partial charge in [-0.15, -0.1) is 0 Å². The van der Waals surface area contributed by atoms with Crippen molar-refractivity contribution in [3.8, 4) is 5.75 Å². The van der Waals surface area contributed by atoms with E-state index in [1.165, 1.54) is 12.1 Å². The Balaban J connectivity index is 2.12. The highest BCUT2D eigenvalue weighted by atomic mass is 19.1. The van der Waals surface area contributed by atoms with Crippen molar-refractivity contribution < 1.29 is 43.4 Å². The molecule has 14 heteroatoms. The molecule has 1 aromatic carbocycles. The van der Waals surface area contributed by atoms with Crippen molar-refractivity contribution in [2.45, 2.75) is 18.9 Å². The quantitative estimate of drug-likeness (QED) is 0.274. The van der Waals surface area contributed by atoms with E-state index in [4.69, 9.17) is 9.84 Å². The number of carboxylic acids is 2. The Morgan fingerprint density at radius 2 is 1.94 bits per heavy atom. The molecule has 32 heavy (non-hydrogen) atoms. The number of ether oxygens (including phenoxy) is 1. The molecule has 0 bridgehead atoms. The number of nitro benzene ring substituents is 1. The number of carboxylic acid groups (broad SMARTS) is 2. The first-order valence-electron chi connectivity index (χ1n) is 8.69. The van der Waals surface area contributed by atoms with Gasteiger partial charge in [0.25, 0.3) is 5.69 Å². The minimum absolute atomic E-state index is 0.00199. The standard InChI is InChI=1S/C18H15FN4O9/c19-13-7-10(21-18(29)32-12-3-1-11(2-4-12)23(30)31)8-20-16(13)22(9-24)14(17(27)28)5-6-15(25)26/h1-4,7-9,14H,5-6H2,(H,21,29)(H,25,26)(H,27,28)/t14-/m0/s1. The molecule has 13 nitrogen and oxygen atoms in total. The lowest BCUT2D eigenvalue weighted by Gasteiger charge is -2.24. The topological polar surface area (TPSA) is 189 Å². The second-order valence-corrected chi connectivity index (χ2v) is 6.09. The van der Waals surface area contributed by atoms with Crippen molar-refractivity contribution in [2.75, 3.05) is 10.2 Å². The van der Waals surface area contributed by atoms with Crippen LogP contribution in [-0.2, 0) is 14.4 Å². The monoisotopic (exact) mass is 450 g/mol. The summed E-state index contributed by atoms with van der Waals surface area (Å²) in [5, 5.41) is 30.7. The molecule has 0 aliphatic heterocycles. The molecule has 2 rings (SSSR count). The van der Waals surface area contributed by atoms with E-state index in [2.05, 4.69) is 10.3 Å².